The molecule has 2 heteroatoms. The molecule has 0 aromatic heterocycles. The van der Waals surface area contributed by atoms with Gasteiger partial charge in [-0.1, -0.05) is 43.7 Å². The van der Waals surface area contributed by atoms with E-state index in [2.05, 4.69) is 13.8 Å². The average Bonchev–Trinajstić information content (AvgIpc) is 2.17. The Morgan fingerprint density at radius 2 is 2.00 bits per heavy atom. The molecule has 84 valence electrons. The van der Waals surface area contributed by atoms with Crippen LogP contribution in [0.25, 0.3) is 0 Å². The molecule has 0 heterocycles. The van der Waals surface area contributed by atoms with Gasteiger partial charge in [0.15, 0.2) is 0 Å². The normalized spacial score (nSPS) is 13.1. The minimum Gasteiger partial charge on any atom is -0.386 e. The first-order chi connectivity index (χ1) is 7.09. The molecule has 1 rings (SSSR count). The van der Waals surface area contributed by atoms with Gasteiger partial charge >= 0.3 is 0 Å². The second-order valence-corrected chi connectivity index (χ2v) is 4.36. The summed E-state index contributed by atoms with van der Waals surface area (Å²) in [6, 6.07) is 7.89. The van der Waals surface area contributed by atoms with Crippen molar-refractivity contribution in [1.29, 1.82) is 0 Å². The van der Waals surface area contributed by atoms with Gasteiger partial charge in [0, 0.05) is 6.61 Å². The highest BCUT2D eigenvalue weighted by Gasteiger charge is 2.07. The molecule has 0 aliphatic heterocycles. The van der Waals surface area contributed by atoms with Crippen molar-refractivity contribution in [2.45, 2.75) is 26.9 Å². The first kappa shape index (κ1) is 12.2. The molecule has 0 radical (unpaired) electrons. The van der Waals surface area contributed by atoms with Crippen molar-refractivity contribution in [1.82, 2.24) is 0 Å². The van der Waals surface area contributed by atoms with Gasteiger partial charge in [-0.2, -0.15) is 0 Å². The Kier molecular flexibility index (Phi) is 4.79. The summed E-state index contributed by atoms with van der Waals surface area (Å²) in [6.45, 7) is 7.29. The summed E-state index contributed by atoms with van der Waals surface area (Å²) in [6.07, 6.45) is -0.511. The zero-order valence-corrected chi connectivity index (χ0v) is 9.73. The molecule has 0 fully saturated rings. The van der Waals surface area contributed by atoms with Crippen LogP contribution in [0.4, 0.5) is 0 Å². The standard InChI is InChI=1S/C13H20O2/c1-10(2)8-15-9-13(14)12-6-4-5-11(3)7-12/h4-7,10,13-14H,8-9H2,1-3H3. The molecule has 1 aromatic rings. The number of aliphatic hydroxyl groups excluding tert-OH is 1. The number of ether oxygens (including phenoxy) is 1. The lowest BCUT2D eigenvalue weighted by atomic mass is 10.1. The van der Waals surface area contributed by atoms with E-state index >= 15 is 0 Å². The molecule has 0 aliphatic rings. The zero-order chi connectivity index (χ0) is 11.3. The van der Waals surface area contributed by atoms with E-state index in [1.807, 2.05) is 31.2 Å². The van der Waals surface area contributed by atoms with Gasteiger partial charge in [0.1, 0.15) is 6.10 Å². The number of hydrogen-bond acceptors (Lipinski definition) is 2. The van der Waals surface area contributed by atoms with E-state index in [-0.39, 0.29) is 0 Å². The Morgan fingerprint density at radius 1 is 1.27 bits per heavy atom. The summed E-state index contributed by atoms with van der Waals surface area (Å²) >= 11 is 0. The van der Waals surface area contributed by atoms with E-state index in [0.29, 0.717) is 19.1 Å². The molecule has 0 amide bonds. The van der Waals surface area contributed by atoms with Crippen LogP contribution in [0.1, 0.15) is 31.1 Å². The van der Waals surface area contributed by atoms with Crippen molar-refractivity contribution in [3.63, 3.8) is 0 Å². The van der Waals surface area contributed by atoms with Crippen LogP contribution >= 0.6 is 0 Å². The summed E-state index contributed by atoms with van der Waals surface area (Å²) in [7, 11) is 0. The molecule has 0 bridgehead atoms. The van der Waals surface area contributed by atoms with Gasteiger partial charge in [0.2, 0.25) is 0 Å². The fraction of sp³-hybridized carbons (Fsp3) is 0.538. The summed E-state index contributed by atoms with van der Waals surface area (Å²) in [5.41, 5.74) is 2.09. The Balaban J connectivity index is 2.43. The molecule has 0 spiro atoms. The van der Waals surface area contributed by atoms with Gasteiger partial charge < -0.3 is 9.84 Å². The SMILES string of the molecule is Cc1cccc(C(O)COCC(C)C)c1. The monoisotopic (exact) mass is 208 g/mol. The smallest absolute Gasteiger partial charge is 0.102 e. The van der Waals surface area contributed by atoms with E-state index in [0.717, 1.165) is 11.1 Å². The highest BCUT2D eigenvalue weighted by atomic mass is 16.5. The van der Waals surface area contributed by atoms with E-state index in [9.17, 15) is 5.11 Å². The Hall–Kier alpha value is -0.860. The molecular formula is C13H20O2. The van der Waals surface area contributed by atoms with E-state index in [1.165, 1.54) is 0 Å². The number of hydrogen-bond donors (Lipinski definition) is 1. The maximum absolute atomic E-state index is 9.83. The molecule has 0 saturated heterocycles. The van der Waals surface area contributed by atoms with Crippen molar-refractivity contribution < 1.29 is 9.84 Å². The second kappa shape index (κ2) is 5.89. The first-order valence-corrected chi connectivity index (χ1v) is 5.42. The molecule has 15 heavy (non-hydrogen) atoms. The molecule has 0 saturated carbocycles. The molecular weight excluding hydrogens is 188 g/mol. The number of aliphatic hydroxyl groups is 1. The van der Waals surface area contributed by atoms with Crippen molar-refractivity contribution in [2.75, 3.05) is 13.2 Å². The van der Waals surface area contributed by atoms with Crippen LogP contribution in [-0.2, 0) is 4.74 Å². The van der Waals surface area contributed by atoms with Crippen LogP contribution in [0.3, 0.4) is 0 Å². The largest absolute Gasteiger partial charge is 0.386 e. The lowest BCUT2D eigenvalue weighted by Gasteiger charge is -2.13. The van der Waals surface area contributed by atoms with Gasteiger partial charge in [-0.3, -0.25) is 0 Å². The van der Waals surface area contributed by atoms with Gasteiger partial charge in [0.05, 0.1) is 6.61 Å². The van der Waals surface area contributed by atoms with Crippen LogP contribution in [0, 0.1) is 12.8 Å². The van der Waals surface area contributed by atoms with Crippen LogP contribution < -0.4 is 0 Å². The van der Waals surface area contributed by atoms with E-state index < -0.39 is 6.10 Å². The number of aryl methyl sites for hydroxylation is 1. The van der Waals surface area contributed by atoms with E-state index in [4.69, 9.17) is 4.74 Å². The van der Waals surface area contributed by atoms with Crippen molar-refractivity contribution in [3.8, 4) is 0 Å². The topological polar surface area (TPSA) is 29.5 Å². The first-order valence-electron chi connectivity index (χ1n) is 5.42. The minimum absolute atomic E-state index is 0.377. The molecule has 1 N–H and O–H groups in total. The lowest BCUT2D eigenvalue weighted by molar-refractivity contribution is 0.0250. The highest BCUT2D eigenvalue weighted by molar-refractivity contribution is 5.23. The Morgan fingerprint density at radius 3 is 2.60 bits per heavy atom. The third-order valence-corrected chi connectivity index (χ3v) is 2.15. The maximum Gasteiger partial charge on any atom is 0.102 e. The summed E-state index contributed by atoms with van der Waals surface area (Å²) < 4.78 is 5.40. The van der Waals surface area contributed by atoms with Crippen molar-refractivity contribution >= 4 is 0 Å². The zero-order valence-electron chi connectivity index (χ0n) is 9.73. The van der Waals surface area contributed by atoms with Crippen molar-refractivity contribution in [3.05, 3.63) is 35.4 Å². The maximum atomic E-state index is 9.83. The minimum atomic E-state index is -0.511. The van der Waals surface area contributed by atoms with Gasteiger partial charge in [-0.05, 0) is 18.4 Å². The highest BCUT2D eigenvalue weighted by Crippen LogP contribution is 2.14. The Labute approximate surface area is 91.9 Å². The van der Waals surface area contributed by atoms with Gasteiger partial charge in [-0.15, -0.1) is 0 Å². The van der Waals surface area contributed by atoms with Gasteiger partial charge in [-0.25, -0.2) is 0 Å². The van der Waals surface area contributed by atoms with Crippen LogP contribution in [0.2, 0.25) is 0 Å². The average molecular weight is 208 g/mol. The number of rotatable bonds is 5. The van der Waals surface area contributed by atoms with Crippen LogP contribution in [-0.4, -0.2) is 18.3 Å². The number of benzene rings is 1. The quantitative estimate of drug-likeness (QED) is 0.806. The Bertz CT molecular complexity index is 294. The fourth-order valence-corrected chi connectivity index (χ4v) is 1.39. The molecule has 0 aliphatic carbocycles. The van der Waals surface area contributed by atoms with Gasteiger partial charge in [0.25, 0.3) is 0 Å². The molecule has 1 aromatic carbocycles. The van der Waals surface area contributed by atoms with Crippen LogP contribution in [0.5, 0.6) is 0 Å². The molecule has 2 nitrogen and oxygen atoms in total. The second-order valence-electron chi connectivity index (χ2n) is 4.36. The predicted octanol–water partition coefficient (Wildman–Crippen LogP) is 2.70. The fourth-order valence-electron chi connectivity index (χ4n) is 1.39. The van der Waals surface area contributed by atoms with Crippen LogP contribution in [0.15, 0.2) is 24.3 Å². The van der Waals surface area contributed by atoms with Crippen molar-refractivity contribution in [2.24, 2.45) is 5.92 Å². The summed E-state index contributed by atoms with van der Waals surface area (Å²) in [5.74, 6) is 0.509. The molecule has 1 unspecified atom stereocenters. The lowest BCUT2D eigenvalue weighted by Crippen LogP contribution is -2.10. The summed E-state index contributed by atoms with van der Waals surface area (Å²) in [4.78, 5) is 0. The summed E-state index contributed by atoms with van der Waals surface area (Å²) in [5, 5.41) is 9.83. The predicted molar refractivity (Wildman–Crippen MR) is 61.8 cm³/mol. The van der Waals surface area contributed by atoms with E-state index in [1.54, 1.807) is 0 Å². The molecule has 1 atom stereocenters. The third-order valence-electron chi connectivity index (χ3n) is 2.15. The third kappa shape index (κ3) is 4.45.